The number of hydrogen-bond donors (Lipinski definition) is 1. The molecule has 5 heteroatoms. The molecule has 3 unspecified atom stereocenters. The van der Waals surface area contributed by atoms with Gasteiger partial charge in [0.25, 0.3) is 5.91 Å². The van der Waals surface area contributed by atoms with Crippen molar-refractivity contribution in [3.8, 4) is 0 Å². The number of nitrogens with zero attached hydrogens (tertiary/aromatic N) is 3. The average Bonchev–Trinajstić information content (AvgIpc) is 3.07. The minimum Gasteiger partial charge on any atom is -0.368 e. The Morgan fingerprint density at radius 3 is 2.70 bits per heavy atom. The van der Waals surface area contributed by atoms with Crippen LogP contribution in [0.2, 0.25) is 0 Å². The minimum absolute atomic E-state index is 0.114. The van der Waals surface area contributed by atoms with Crippen molar-refractivity contribution >= 4 is 11.7 Å². The van der Waals surface area contributed by atoms with Crippen molar-refractivity contribution in [2.45, 2.75) is 25.7 Å². The molecule has 2 aliphatic carbocycles. The lowest BCUT2D eigenvalue weighted by molar-refractivity contribution is 0.0821. The van der Waals surface area contributed by atoms with Crippen molar-refractivity contribution in [1.29, 1.82) is 0 Å². The monoisotopic (exact) mass is 274 g/mol. The molecular formula is C15H22N4O. The molecule has 2 saturated carbocycles. The molecule has 2 fully saturated rings. The molecule has 0 spiro atoms. The number of carbonyl (C=O) groups excluding carboxylic acids is 1. The number of aromatic nitrogens is 2. The highest BCUT2D eigenvalue weighted by Gasteiger charge is 2.39. The number of nitrogens with one attached hydrogen (secondary N) is 1. The second kappa shape index (κ2) is 5.38. The summed E-state index contributed by atoms with van der Waals surface area (Å²) in [5, 5.41) is 11.5. The molecule has 20 heavy (non-hydrogen) atoms. The molecule has 2 aliphatic rings. The van der Waals surface area contributed by atoms with Gasteiger partial charge < -0.3 is 10.2 Å². The lowest BCUT2D eigenvalue weighted by Crippen LogP contribution is -2.24. The van der Waals surface area contributed by atoms with Crippen molar-refractivity contribution in [3.63, 3.8) is 0 Å². The number of rotatable bonds is 4. The van der Waals surface area contributed by atoms with E-state index in [9.17, 15) is 4.79 Å². The van der Waals surface area contributed by atoms with E-state index in [0.717, 1.165) is 30.1 Å². The molecule has 1 aromatic heterocycles. The Balaban J connectivity index is 1.55. The van der Waals surface area contributed by atoms with Crippen LogP contribution in [-0.2, 0) is 0 Å². The van der Waals surface area contributed by atoms with Gasteiger partial charge in [-0.3, -0.25) is 4.79 Å². The van der Waals surface area contributed by atoms with Crippen LogP contribution in [0.1, 0.15) is 36.2 Å². The van der Waals surface area contributed by atoms with Crippen LogP contribution >= 0.6 is 0 Å². The van der Waals surface area contributed by atoms with Gasteiger partial charge in [0, 0.05) is 20.6 Å². The molecule has 2 bridgehead atoms. The molecule has 5 nitrogen and oxygen atoms in total. The highest BCUT2D eigenvalue weighted by molar-refractivity contribution is 5.91. The van der Waals surface area contributed by atoms with Crippen LogP contribution in [0.5, 0.6) is 0 Å². The number of hydrogen-bond acceptors (Lipinski definition) is 4. The molecule has 1 aromatic rings. The lowest BCUT2D eigenvalue weighted by atomic mass is 9.89. The fourth-order valence-corrected chi connectivity index (χ4v) is 3.63. The lowest BCUT2D eigenvalue weighted by Gasteiger charge is -2.21. The van der Waals surface area contributed by atoms with Crippen molar-refractivity contribution in [3.05, 3.63) is 17.8 Å². The van der Waals surface area contributed by atoms with E-state index in [4.69, 9.17) is 0 Å². The maximum Gasteiger partial charge on any atom is 0.273 e. The Morgan fingerprint density at radius 2 is 2.15 bits per heavy atom. The van der Waals surface area contributed by atoms with Crippen molar-refractivity contribution < 1.29 is 4.79 Å². The summed E-state index contributed by atoms with van der Waals surface area (Å²) < 4.78 is 0. The van der Waals surface area contributed by atoms with Crippen LogP contribution in [-0.4, -0.2) is 41.6 Å². The zero-order valence-corrected chi connectivity index (χ0v) is 12.2. The van der Waals surface area contributed by atoms with Gasteiger partial charge in [-0.2, -0.15) is 0 Å². The van der Waals surface area contributed by atoms with Gasteiger partial charge in [0.15, 0.2) is 5.69 Å². The highest BCUT2D eigenvalue weighted by atomic mass is 16.2. The van der Waals surface area contributed by atoms with E-state index < -0.39 is 0 Å². The van der Waals surface area contributed by atoms with Gasteiger partial charge in [-0.05, 0) is 49.1 Å². The first-order valence-corrected chi connectivity index (χ1v) is 7.42. The molecule has 0 aliphatic heterocycles. The SMILES string of the molecule is CN(C)C(=O)c1ccc(NCC2CC3CCC2C3)nn1. The summed E-state index contributed by atoms with van der Waals surface area (Å²) in [4.78, 5) is 13.2. The number of fused-ring (bicyclic) bond motifs is 2. The van der Waals surface area contributed by atoms with E-state index >= 15 is 0 Å². The number of amides is 1. The van der Waals surface area contributed by atoms with E-state index in [2.05, 4.69) is 15.5 Å². The van der Waals surface area contributed by atoms with E-state index in [-0.39, 0.29) is 5.91 Å². The third-order valence-corrected chi connectivity index (χ3v) is 4.72. The number of carbonyl (C=O) groups is 1. The van der Waals surface area contributed by atoms with Crippen LogP contribution < -0.4 is 5.32 Å². The molecule has 108 valence electrons. The molecular weight excluding hydrogens is 252 g/mol. The smallest absolute Gasteiger partial charge is 0.273 e. The van der Waals surface area contributed by atoms with Gasteiger partial charge >= 0.3 is 0 Å². The molecule has 3 atom stereocenters. The predicted octanol–water partition coefficient (Wildman–Crippen LogP) is 2.03. The predicted molar refractivity (Wildman–Crippen MR) is 77.5 cm³/mol. The second-order valence-corrected chi connectivity index (χ2v) is 6.32. The van der Waals surface area contributed by atoms with Gasteiger partial charge in [-0.1, -0.05) is 6.42 Å². The Bertz CT molecular complexity index is 485. The maximum atomic E-state index is 11.7. The summed E-state index contributed by atoms with van der Waals surface area (Å²) in [5.74, 6) is 3.33. The molecule has 0 radical (unpaired) electrons. The summed E-state index contributed by atoms with van der Waals surface area (Å²) in [6, 6.07) is 3.58. The van der Waals surface area contributed by atoms with Gasteiger partial charge in [-0.15, -0.1) is 10.2 Å². The minimum atomic E-state index is -0.114. The molecule has 0 saturated heterocycles. The summed E-state index contributed by atoms with van der Waals surface area (Å²) in [7, 11) is 3.43. The quantitative estimate of drug-likeness (QED) is 0.912. The first kappa shape index (κ1) is 13.3. The van der Waals surface area contributed by atoms with Gasteiger partial charge in [0.2, 0.25) is 0 Å². The Hall–Kier alpha value is -1.65. The topological polar surface area (TPSA) is 58.1 Å². The van der Waals surface area contributed by atoms with E-state index in [0.29, 0.717) is 5.69 Å². The fourth-order valence-electron chi connectivity index (χ4n) is 3.63. The normalized spacial score (nSPS) is 27.6. The van der Waals surface area contributed by atoms with Gasteiger partial charge in [-0.25, -0.2) is 0 Å². The van der Waals surface area contributed by atoms with Crippen LogP contribution in [0, 0.1) is 17.8 Å². The standard InChI is InChI=1S/C15H22N4O/c1-19(2)15(20)13-5-6-14(18-17-13)16-9-12-8-10-3-4-11(12)7-10/h5-6,10-12H,3-4,7-9H2,1-2H3,(H,16,18). The second-order valence-electron chi connectivity index (χ2n) is 6.32. The largest absolute Gasteiger partial charge is 0.368 e. The van der Waals surface area contributed by atoms with Crippen LogP contribution in [0.4, 0.5) is 5.82 Å². The summed E-state index contributed by atoms with van der Waals surface area (Å²) in [5.41, 5.74) is 0.389. The Morgan fingerprint density at radius 1 is 1.30 bits per heavy atom. The van der Waals surface area contributed by atoms with Crippen LogP contribution in [0.3, 0.4) is 0 Å². The zero-order valence-electron chi connectivity index (χ0n) is 12.2. The molecule has 1 N–H and O–H groups in total. The van der Waals surface area contributed by atoms with Gasteiger partial charge in [0.1, 0.15) is 5.82 Å². The average molecular weight is 274 g/mol. The van der Waals surface area contributed by atoms with E-state index in [1.54, 1.807) is 20.2 Å². The Labute approximate surface area is 119 Å². The molecule has 0 aromatic carbocycles. The van der Waals surface area contributed by atoms with Gasteiger partial charge in [0.05, 0.1) is 0 Å². The third-order valence-electron chi connectivity index (χ3n) is 4.72. The maximum absolute atomic E-state index is 11.7. The molecule has 1 amide bonds. The van der Waals surface area contributed by atoms with Crippen LogP contribution in [0.15, 0.2) is 12.1 Å². The van der Waals surface area contributed by atoms with Crippen molar-refractivity contribution in [2.24, 2.45) is 17.8 Å². The molecule has 1 heterocycles. The summed E-state index contributed by atoms with van der Waals surface area (Å²) in [6.07, 6.45) is 5.62. The highest BCUT2D eigenvalue weighted by Crippen LogP contribution is 2.48. The zero-order chi connectivity index (χ0) is 14.1. The first-order chi connectivity index (χ1) is 9.63. The summed E-state index contributed by atoms with van der Waals surface area (Å²) >= 11 is 0. The third kappa shape index (κ3) is 2.62. The molecule has 3 rings (SSSR count). The van der Waals surface area contributed by atoms with E-state index in [1.807, 2.05) is 6.07 Å². The summed E-state index contributed by atoms with van der Waals surface area (Å²) in [6.45, 7) is 0.983. The van der Waals surface area contributed by atoms with E-state index in [1.165, 1.54) is 30.6 Å². The first-order valence-electron chi connectivity index (χ1n) is 7.42. The van der Waals surface area contributed by atoms with Crippen molar-refractivity contribution in [1.82, 2.24) is 15.1 Å². The van der Waals surface area contributed by atoms with Crippen LogP contribution in [0.25, 0.3) is 0 Å². The van der Waals surface area contributed by atoms with Crippen molar-refractivity contribution in [2.75, 3.05) is 26.0 Å². The Kier molecular flexibility index (Phi) is 3.59. The number of anilines is 1. The fraction of sp³-hybridized carbons (Fsp3) is 0.667.